The van der Waals surface area contributed by atoms with Gasteiger partial charge in [-0.25, -0.2) is 8.42 Å². The summed E-state index contributed by atoms with van der Waals surface area (Å²) in [6.07, 6.45) is 0.720. The van der Waals surface area contributed by atoms with E-state index in [4.69, 9.17) is 27.9 Å². The molecule has 0 saturated heterocycles. The number of amides is 2. The van der Waals surface area contributed by atoms with Crippen LogP contribution in [0, 0.1) is 0 Å². The van der Waals surface area contributed by atoms with E-state index in [2.05, 4.69) is 5.32 Å². The number of carbonyl (C=O) groups is 2. The zero-order valence-electron chi connectivity index (χ0n) is 21.9. The Bertz CT molecular complexity index is 1400. The van der Waals surface area contributed by atoms with Crippen LogP contribution in [0.15, 0.2) is 77.7 Å². The minimum atomic E-state index is -4.20. The third-order valence-corrected chi connectivity index (χ3v) is 8.50. The highest BCUT2D eigenvalue weighted by Crippen LogP contribution is 2.32. The summed E-state index contributed by atoms with van der Waals surface area (Å²) in [5, 5.41) is 3.40. The van der Waals surface area contributed by atoms with Crippen LogP contribution in [0.25, 0.3) is 0 Å². The van der Waals surface area contributed by atoms with E-state index >= 15 is 0 Å². The van der Waals surface area contributed by atoms with Gasteiger partial charge in [0.1, 0.15) is 18.3 Å². The number of halogens is 2. The first kappa shape index (κ1) is 30.3. The summed E-state index contributed by atoms with van der Waals surface area (Å²) in [5.74, 6) is -0.604. The number of ether oxygens (including phenoxy) is 1. The van der Waals surface area contributed by atoms with Crippen molar-refractivity contribution in [1.29, 1.82) is 0 Å². The highest BCUT2D eigenvalue weighted by atomic mass is 35.5. The van der Waals surface area contributed by atoms with Gasteiger partial charge in [-0.15, -0.1) is 0 Å². The zero-order valence-corrected chi connectivity index (χ0v) is 24.3. The Hall–Kier alpha value is -3.27. The second-order valence-electron chi connectivity index (χ2n) is 8.72. The van der Waals surface area contributed by atoms with E-state index in [-0.39, 0.29) is 28.1 Å². The largest absolute Gasteiger partial charge is 0.495 e. The molecular formula is C28H31Cl2N3O5S. The lowest BCUT2D eigenvalue weighted by Crippen LogP contribution is -2.51. The Morgan fingerprint density at radius 1 is 0.974 bits per heavy atom. The number of rotatable bonds is 12. The summed E-state index contributed by atoms with van der Waals surface area (Å²) in [7, 11) is -2.76. The van der Waals surface area contributed by atoms with Crippen LogP contribution in [-0.4, -0.2) is 51.4 Å². The number of nitrogens with zero attached hydrogens (tertiary/aromatic N) is 2. The summed E-state index contributed by atoms with van der Waals surface area (Å²) < 4.78 is 33.8. The Labute approximate surface area is 239 Å². The molecule has 3 rings (SSSR count). The van der Waals surface area contributed by atoms with Crippen LogP contribution in [-0.2, 0) is 26.2 Å². The van der Waals surface area contributed by atoms with Crippen LogP contribution in [0.3, 0.4) is 0 Å². The van der Waals surface area contributed by atoms with Crippen molar-refractivity contribution in [3.63, 3.8) is 0 Å². The third kappa shape index (κ3) is 7.44. The SMILES string of the molecule is CCCNC(=O)C(C)N(Cc1ccccc1Cl)C(=O)CN(c1ccc(OC)c(Cl)c1)S(=O)(=O)c1ccccc1. The van der Waals surface area contributed by atoms with E-state index in [1.54, 1.807) is 49.4 Å². The molecule has 0 fully saturated rings. The number of hydrogen-bond acceptors (Lipinski definition) is 5. The molecule has 208 valence electrons. The Morgan fingerprint density at radius 3 is 2.26 bits per heavy atom. The lowest BCUT2D eigenvalue weighted by Gasteiger charge is -2.32. The van der Waals surface area contributed by atoms with Gasteiger partial charge in [-0.1, -0.05) is 66.5 Å². The lowest BCUT2D eigenvalue weighted by molar-refractivity contribution is -0.139. The monoisotopic (exact) mass is 591 g/mol. The van der Waals surface area contributed by atoms with Crippen LogP contribution in [0.2, 0.25) is 10.0 Å². The van der Waals surface area contributed by atoms with E-state index in [9.17, 15) is 18.0 Å². The Morgan fingerprint density at radius 2 is 1.64 bits per heavy atom. The first-order valence-corrected chi connectivity index (χ1v) is 14.5. The molecule has 1 N–H and O–H groups in total. The number of sulfonamides is 1. The minimum absolute atomic E-state index is 0.00180. The zero-order chi connectivity index (χ0) is 28.6. The van der Waals surface area contributed by atoms with Crippen molar-refractivity contribution in [3.8, 4) is 5.75 Å². The van der Waals surface area contributed by atoms with Gasteiger partial charge in [0.05, 0.1) is 22.7 Å². The number of carbonyl (C=O) groups excluding carboxylic acids is 2. The topological polar surface area (TPSA) is 96.0 Å². The quantitative estimate of drug-likeness (QED) is 0.314. The van der Waals surface area contributed by atoms with Crippen LogP contribution in [0.4, 0.5) is 5.69 Å². The average molecular weight is 593 g/mol. The van der Waals surface area contributed by atoms with E-state index < -0.39 is 28.5 Å². The maximum Gasteiger partial charge on any atom is 0.264 e. The molecule has 0 aliphatic carbocycles. The van der Waals surface area contributed by atoms with Gasteiger partial charge in [0, 0.05) is 18.1 Å². The van der Waals surface area contributed by atoms with Crippen LogP contribution < -0.4 is 14.4 Å². The van der Waals surface area contributed by atoms with E-state index in [0.29, 0.717) is 22.9 Å². The summed E-state index contributed by atoms with van der Waals surface area (Å²) in [6.45, 7) is 3.37. The predicted molar refractivity (Wildman–Crippen MR) is 154 cm³/mol. The van der Waals surface area contributed by atoms with E-state index in [1.165, 1.54) is 42.3 Å². The number of methoxy groups -OCH3 is 1. The van der Waals surface area contributed by atoms with Crippen LogP contribution >= 0.6 is 23.2 Å². The summed E-state index contributed by atoms with van der Waals surface area (Å²) >= 11 is 12.7. The maximum atomic E-state index is 13.9. The molecule has 0 spiro atoms. The molecule has 39 heavy (non-hydrogen) atoms. The summed E-state index contributed by atoms with van der Waals surface area (Å²) in [6, 6.07) is 18.3. The van der Waals surface area contributed by atoms with Gasteiger partial charge in [0.15, 0.2) is 0 Å². The molecule has 0 radical (unpaired) electrons. The van der Waals surface area contributed by atoms with Crippen molar-refractivity contribution in [2.24, 2.45) is 0 Å². The fourth-order valence-corrected chi connectivity index (χ4v) is 5.72. The fraction of sp³-hybridized carbons (Fsp3) is 0.286. The Balaban J connectivity index is 2.05. The van der Waals surface area contributed by atoms with Gasteiger partial charge in [-0.05, 0) is 55.3 Å². The van der Waals surface area contributed by atoms with Gasteiger partial charge in [0.2, 0.25) is 11.8 Å². The van der Waals surface area contributed by atoms with Crippen molar-refractivity contribution in [2.45, 2.75) is 37.8 Å². The molecule has 1 unspecified atom stereocenters. The standard InChI is InChI=1S/C28H31Cl2N3O5S/c1-4-16-31-28(35)20(2)32(18-21-10-8-9-13-24(21)29)27(34)19-33(22-14-15-26(38-3)25(30)17-22)39(36,37)23-11-6-5-7-12-23/h5-15,17,20H,4,16,18-19H2,1-3H3,(H,31,35). The van der Waals surface area contributed by atoms with Gasteiger partial charge < -0.3 is 15.0 Å². The average Bonchev–Trinajstić information content (AvgIpc) is 2.94. The molecule has 0 aliphatic rings. The summed E-state index contributed by atoms with van der Waals surface area (Å²) in [5.41, 5.74) is 0.784. The van der Waals surface area contributed by atoms with Gasteiger partial charge in [-0.2, -0.15) is 0 Å². The number of hydrogen-bond donors (Lipinski definition) is 1. The predicted octanol–water partition coefficient (Wildman–Crippen LogP) is 5.14. The maximum absolute atomic E-state index is 13.9. The van der Waals surface area contributed by atoms with Crippen molar-refractivity contribution >= 4 is 50.7 Å². The highest BCUT2D eigenvalue weighted by Gasteiger charge is 2.33. The molecule has 0 heterocycles. The molecule has 0 saturated carbocycles. The van der Waals surface area contributed by atoms with E-state index in [0.717, 1.165) is 10.7 Å². The second-order valence-corrected chi connectivity index (χ2v) is 11.4. The van der Waals surface area contributed by atoms with Gasteiger partial charge in [0.25, 0.3) is 10.0 Å². The molecule has 0 bridgehead atoms. The molecule has 1 atom stereocenters. The molecule has 0 aromatic heterocycles. The molecule has 3 aromatic carbocycles. The molecule has 11 heteroatoms. The van der Waals surface area contributed by atoms with Crippen LogP contribution in [0.1, 0.15) is 25.8 Å². The first-order chi connectivity index (χ1) is 18.6. The third-order valence-electron chi connectivity index (χ3n) is 6.05. The molecule has 8 nitrogen and oxygen atoms in total. The highest BCUT2D eigenvalue weighted by molar-refractivity contribution is 7.92. The number of nitrogens with one attached hydrogen (secondary N) is 1. The molecule has 0 aliphatic heterocycles. The van der Waals surface area contributed by atoms with Gasteiger partial charge in [-0.3, -0.25) is 13.9 Å². The number of benzene rings is 3. The van der Waals surface area contributed by atoms with Crippen molar-refractivity contribution in [3.05, 3.63) is 88.4 Å². The molecule has 2 amide bonds. The lowest BCUT2D eigenvalue weighted by atomic mass is 10.1. The fourth-order valence-electron chi connectivity index (χ4n) is 3.85. The van der Waals surface area contributed by atoms with Gasteiger partial charge >= 0.3 is 0 Å². The number of anilines is 1. The first-order valence-electron chi connectivity index (χ1n) is 12.3. The summed E-state index contributed by atoms with van der Waals surface area (Å²) in [4.78, 5) is 28.1. The second kappa shape index (κ2) is 13.7. The van der Waals surface area contributed by atoms with Crippen molar-refractivity contribution in [1.82, 2.24) is 10.2 Å². The van der Waals surface area contributed by atoms with E-state index in [1.807, 2.05) is 6.92 Å². The molecular weight excluding hydrogens is 561 g/mol. The van der Waals surface area contributed by atoms with Crippen molar-refractivity contribution in [2.75, 3.05) is 24.5 Å². The van der Waals surface area contributed by atoms with Crippen LogP contribution in [0.5, 0.6) is 5.75 Å². The van der Waals surface area contributed by atoms with Crippen molar-refractivity contribution < 1.29 is 22.7 Å². The minimum Gasteiger partial charge on any atom is -0.495 e. The smallest absolute Gasteiger partial charge is 0.264 e. The molecule has 3 aromatic rings. The Kier molecular flexibility index (Phi) is 10.6. The normalized spacial score (nSPS) is 11.9.